The molecule has 0 bridgehead atoms. The van der Waals surface area contributed by atoms with Crippen LogP contribution >= 0.6 is 0 Å². The van der Waals surface area contributed by atoms with Crippen molar-refractivity contribution in [2.45, 2.75) is 58.6 Å². The summed E-state index contributed by atoms with van der Waals surface area (Å²) in [5.74, 6) is 0. The molecule has 1 aliphatic heterocycles. The number of nitrogens with zero attached hydrogens (tertiary/aromatic N) is 1. The molecule has 82 valence electrons. The first-order valence-electron chi connectivity index (χ1n) is 6.35. The molecular formula is C12H26InN. The molecular weight excluding hydrogens is 273 g/mol. The van der Waals surface area contributed by atoms with Crippen LogP contribution in [0.2, 0.25) is 12.0 Å². The maximum absolute atomic E-state index is 2.67. The fourth-order valence-corrected chi connectivity index (χ4v) is 11.2. The Morgan fingerprint density at radius 2 is 1.43 bits per heavy atom. The van der Waals surface area contributed by atoms with Gasteiger partial charge in [0.25, 0.3) is 0 Å². The van der Waals surface area contributed by atoms with Gasteiger partial charge in [-0.2, -0.15) is 0 Å². The molecule has 0 unspecified atom stereocenters. The van der Waals surface area contributed by atoms with Crippen LogP contribution in [0.15, 0.2) is 0 Å². The van der Waals surface area contributed by atoms with Gasteiger partial charge in [-0.15, -0.1) is 0 Å². The van der Waals surface area contributed by atoms with Crippen molar-refractivity contribution >= 4 is 21.4 Å². The molecule has 2 heteroatoms. The Hall–Kier alpha value is 0.830. The van der Waals surface area contributed by atoms with E-state index in [1.807, 2.05) is 0 Å². The third-order valence-electron chi connectivity index (χ3n) is 3.71. The van der Waals surface area contributed by atoms with E-state index in [0.717, 1.165) is 9.72 Å². The summed E-state index contributed by atoms with van der Waals surface area (Å²) >= 11 is -1.05. The third-order valence-corrected chi connectivity index (χ3v) is 15.7. The van der Waals surface area contributed by atoms with Crippen molar-refractivity contribution in [3.05, 3.63) is 0 Å². The standard InChI is InChI=1S/C9H19N.C3H7.In/c1-5-7-10(8-6-2)9(3)4;1-3-2;/h9H,1-2,5-8H2,3-4H3;3H,1-2H3;. The van der Waals surface area contributed by atoms with Gasteiger partial charge in [-0.3, -0.25) is 0 Å². The zero-order chi connectivity index (χ0) is 10.6. The van der Waals surface area contributed by atoms with Gasteiger partial charge in [-0.05, 0) is 0 Å². The average Bonchev–Trinajstić information content (AvgIpc) is 2.01. The van der Waals surface area contributed by atoms with Crippen LogP contribution in [0, 0.1) is 0 Å². The van der Waals surface area contributed by atoms with Gasteiger partial charge in [0.05, 0.1) is 0 Å². The van der Waals surface area contributed by atoms with Crippen molar-refractivity contribution in [1.29, 1.82) is 0 Å². The molecule has 0 N–H and O–H groups in total. The van der Waals surface area contributed by atoms with E-state index >= 15 is 0 Å². The minimum absolute atomic E-state index is 0.765. The predicted octanol–water partition coefficient (Wildman–Crippen LogP) is 3.40. The Balaban J connectivity index is 2.35. The van der Waals surface area contributed by atoms with Crippen LogP contribution in [0.3, 0.4) is 0 Å². The molecule has 0 aromatic carbocycles. The molecule has 1 rings (SSSR count). The second-order valence-electron chi connectivity index (χ2n) is 5.42. The molecule has 0 aromatic rings. The molecule has 1 fully saturated rings. The second-order valence-corrected chi connectivity index (χ2v) is 16.9. The Labute approximate surface area is 97.8 Å². The van der Waals surface area contributed by atoms with E-state index in [1.54, 1.807) is 8.35 Å². The van der Waals surface area contributed by atoms with Crippen molar-refractivity contribution in [3.63, 3.8) is 0 Å². The van der Waals surface area contributed by atoms with Crippen LogP contribution in [0.5, 0.6) is 0 Å². The van der Waals surface area contributed by atoms with Crippen LogP contribution in [-0.4, -0.2) is 45.5 Å². The van der Waals surface area contributed by atoms with Gasteiger partial charge in [-0.25, -0.2) is 0 Å². The van der Waals surface area contributed by atoms with E-state index in [1.165, 1.54) is 25.9 Å². The number of hydrogen-bond acceptors (Lipinski definition) is 1. The molecule has 0 aliphatic carbocycles. The summed E-state index contributed by atoms with van der Waals surface area (Å²) in [5.41, 5.74) is 0. The molecule has 0 amide bonds. The zero-order valence-corrected chi connectivity index (χ0v) is 13.7. The topological polar surface area (TPSA) is 3.24 Å². The van der Waals surface area contributed by atoms with Gasteiger partial charge in [-0.1, -0.05) is 0 Å². The summed E-state index contributed by atoms with van der Waals surface area (Å²) < 4.78 is 4.41. The Bertz CT molecular complexity index is 130. The zero-order valence-electron chi connectivity index (χ0n) is 10.4. The Morgan fingerprint density at radius 1 is 0.929 bits per heavy atom. The molecule has 0 spiro atoms. The molecule has 14 heavy (non-hydrogen) atoms. The predicted molar refractivity (Wildman–Crippen MR) is 66.4 cm³/mol. The summed E-state index contributed by atoms with van der Waals surface area (Å²) in [6.45, 7) is 12.4. The van der Waals surface area contributed by atoms with E-state index in [9.17, 15) is 0 Å². The van der Waals surface area contributed by atoms with Gasteiger partial charge in [0.15, 0.2) is 0 Å². The van der Waals surface area contributed by atoms with E-state index in [4.69, 9.17) is 0 Å². The van der Waals surface area contributed by atoms with Gasteiger partial charge >= 0.3 is 98.0 Å². The minimum atomic E-state index is -1.05. The van der Waals surface area contributed by atoms with Crippen molar-refractivity contribution in [3.8, 4) is 0 Å². The van der Waals surface area contributed by atoms with Crippen LogP contribution in [0.4, 0.5) is 0 Å². The normalized spacial score (nSPS) is 21.4. The Morgan fingerprint density at radius 3 is 1.79 bits per heavy atom. The van der Waals surface area contributed by atoms with Crippen molar-refractivity contribution in [1.82, 2.24) is 4.90 Å². The third kappa shape index (κ3) is 4.14. The van der Waals surface area contributed by atoms with Gasteiger partial charge in [0, 0.05) is 0 Å². The summed E-state index contributed by atoms with van der Waals surface area (Å²) in [7, 11) is 0. The second kappa shape index (κ2) is 6.42. The van der Waals surface area contributed by atoms with E-state index < -0.39 is 21.4 Å². The molecule has 0 aromatic heterocycles. The van der Waals surface area contributed by atoms with Crippen LogP contribution in [0.1, 0.15) is 40.5 Å². The van der Waals surface area contributed by atoms with Crippen molar-refractivity contribution in [2.24, 2.45) is 0 Å². The SMILES string of the molecule is CC(C)N1CC[CH2][In]([CH](C)C)[CH2]CC1. The first-order chi connectivity index (χ1) is 6.61. The fourth-order valence-electron chi connectivity index (χ4n) is 2.55. The Kier molecular flexibility index (Phi) is 5.92. The molecule has 1 saturated heterocycles. The fraction of sp³-hybridized carbons (Fsp3) is 1.00. The number of rotatable bonds is 2. The molecule has 1 heterocycles. The van der Waals surface area contributed by atoms with E-state index in [-0.39, 0.29) is 0 Å². The van der Waals surface area contributed by atoms with Crippen LogP contribution < -0.4 is 0 Å². The summed E-state index contributed by atoms with van der Waals surface area (Å²) in [6.07, 6.45) is 2.99. The monoisotopic (exact) mass is 299 g/mol. The molecule has 0 atom stereocenters. The van der Waals surface area contributed by atoms with Crippen molar-refractivity contribution in [2.75, 3.05) is 13.1 Å². The average molecular weight is 299 g/mol. The van der Waals surface area contributed by atoms with Gasteiger partial charge in [0.2, 0.25) is 0 Å². The molecule has 1 aliphatic rings. The first-order valence-corrected chi connectivity index (χ1v) is 12.9. The van der Waals surface area contributed by atoms with Crippen LogP contribution in [0.25, 0.3) is 0 Å². The van der Waals surface area contributed by atoms with Crippen molar-refractivity contribution < 1.29 is 0 Å². The van der Waals surface area contributed by atoms with E-state index in [0.29, 0.717) is 0 Å². The summed E-state index contributed by atoms with van der Waals surface area (Å²) in [6, 6.07) is 0.765. The van der Waals surface area contributed by atoms with Gasteiger partial charge < -0.3 is 0 Å². The van der Waals surface area contributed by atoms with E-state index in [2.05, 4.69) is 32.6 Å². The van der Waals surface area contributed by atoms with Gasteiger partial charge in [0.1, 0.15) is 0 Å². The quantitative estimate of drug-likeness (QED) is 0.755. The summed E-state index contributed by atoms with van der Waals surface area (Å²) in [5, 5.41) is 0. The number of hydrogen-bond donors (Lipinski definition) is 0. The first kappa shape index (κ1) is 12.9. The van der Waals surface area contributed by atoms with Crippen LogP contribution in [-0.2, 0) is 0 Å². The maximum atomic E-state index is 2.67. The summed E-state index contributed by atoms with van der Waals surface area (Å²) in [4.78, 5) is 2.67. The molecule has 0 radical (unpaired) electrons. The molecule has 1 nitrogen and oxygen atoms in total. The molecule has 0 saturated carbocycles.